The number of rotatable bonds is 7. The first kappa shape index (κ1) is 27.1. The molecule has 13 heteroatoms. The van der Waals surface area contributed by atoms with Crippen LogP contribution in [0.25, 0.3) is 0 Å². The van der Waals surface area contributed by atoms with Crippen LogP contribution in [0.15, 0.2) is 84.9 Å². The fourth-order valence-electron chi connectivity index (χ4n) is 2.52. The van der Waals surface area contributed by atoms with Crippen molar-refractivity contribution in [2.45, 2.75) is 12.0 Å². The van der Waals surface area contributed by atoms with Crippen LogP contribution in [-0.2, 0) is 9.36 Å². The van der Waals surface area contributed by atoms with Crippen LogP contribution in [0.1, 0.15) is 11.3 Å². The standard InChI is InChI=1S/C20H19N2O5P.C2HF3O2/c21-16-13-11-15(12-14-16)19(22-20(23)24)28(25,26-17-7-3-1-4-8-17)27-18-9-5-2-6-10-18;3-2(4,5)1(6)7/h1-14,19,22H,21H2,(H,23,24);(H,6,7). The first-order valence-corrected chi connectivity index (χ1v) is 11.3. The van der Waals surface area contributed by atoms with E-state index < -0.39 is 31.6 Å². The van der Waals surface area contributed by atoms with Gasteiger partial charge in [-0.1, -0.05) is 48.5 Å². The highest BCUT2D eigenvalue weighted by molar-refractivity contribution is 7.55. The molecule has 0 spiro atoms. The number of carboxylic acid groups (broad SMARTS) is 2. The zero-order valence-electron chi connectivity index (χ0n) is 17.8. The Morgan fingerprint density at radius 1 is 0.829 bits per heavy atom. The van der Waals surface area contributed by atoms with Crippen molar-refractivity contribution < 1.29 is 46.6 Å². The Morgan fingerprint density at radius 2 is 1.23 bits per heavy atom. The van der Waals surface area contributed by atoms with Crippen molar-refractivity contribution in [3.05, 3.63) is 90.5 Å². The normalized spacial score (nSPS) is 11.9. The second-order valence-electron chi connectivity index (χ2n) is 6.67. The van der Waals surface area contributed by atoms with Crippen molar-refractivity contribution in [3.63, 3.8) is 0 Å². The van der Waals surface area contributed by atoms with E-state index in [0.29, 0.717) is 11.3 Å². The van der Waals surface area contributed by atoms with Gasteiger partial charge in [-0.2, -0.15) is 13.2 Å². The molecule has 5 N–H and O–H groups in total. The lowest BCUT2D eigenvalue weighted by Gasteiger charge is -2.27. The summed E-state index contributed by atoms with van der Waals surface area (Å²) >= 11 is 0. The van der Waals surface area contributed by atoms with Gasteiger partial charge in [0.1, 0.15) is 11.5 Å². The maximum atomic E-state index is 13.9. The molecular formula is C22H20F3N2O7P. The molecule has 0 radical (unpaired) electrons. The van der Waals surface area contributed by atoms with Crippen molar-refractivity contribution >= 4 is 25.3 Å². The predicted octanol–water partition coefficient (Wildman–Crippen LogP) is 5.52. The zero-order valence-corrected chi connectivity index (χ0v) is 18.6. The monoisotopic (exact) mass is 512 g/mol. The van der Waals surface area contributed by atoms with Crippen LogP contribution in [0, 0.1) is 0 Å². The van der Waals surface area contributed by atoms with Crippen LogP contribution >= 0.6 is 7.60 Å². The summed E-state index contributed by atoms with van der Waals surface area (Å²) in [5.41, 5.74) is 6.60. The zero-order chi connectivity index (χ0) is 26.1. The Bertz CT molecular complexity index is 1120. The molecule has 3 aromatic rings. The summed E-state index contributed by atoms with van der Waals surface area (Å²) in [5.74, 6) is -3.46. The maximum Gasteiger partial charge on any atom is 0.490 e. The number of hydrogen-bond acceptors (Lipinski definition) is 6. The number of alkyl halides is 3. The first-order valence-electron chi connectivity index (χ1n) is 9.65. The number of aliphatic carboxylic acids is 1. The number of carboxylic acids is 1. The second-order valence-corrected chi connectivity index (χ2v) is 8.63. The number of nitrogens with two attached hydrogens (primary N) is 1. The third-order valence-corrected chi connectivity index (χ3v) is 6.01. The molecule has 0 fully saturated rings. The summed E-state index contributed by atoms with van der Waals surface area (Å²) in [6.45, 7) is 0. The largest absolute Gasteiger partial charge is 0.490 e. The maximum absolute atomic E-state index is 13.9. The second kappa shape index (κ2) is 11.8. The van der Waals surface area contributed by atoms with E-state index in [9.17, 15) is 27.6 Å². The minimum atomic E-state index is -5.08. The highest BCUT2D eigenvalue weighted by Crippen LogP contribution is 2.58. The van der Waals surface area contributed by atoms with E-state index >= 15 is 0 Å². The average Bonchev–Trinajstić information content (AvgIpc) is 2.79. The number of nitrogen functional groups attached to an aromatic ring is 1. The topological polar surface area (TPSA) is 148 Å². The number of hydrogen-bond donors (Lipinski definition) is 4. The Kier molecular flexibility index (Phi) is 9.12. The smallest absolute Gasteiger partial charge is 0.475 e. The van der Waals surface area contributed by atoms with Crippen LogP contribution in [0.4, 0.5) is 23.7 Å². The number of carbonyl (C=O) groups is 2. The summed E-state index contributed by atoms with van der Waals surface area (Å²) in [7, 11) is -4.10. The van der Waals surface area contributed by atoms with Crippen LogP contribution in [0.3, 0.4) is 0 Å². The van der Waals surface area contributed by atoms with Crippen LogP contribution < -0.4 is 20.1 Å². The van der Waals surface area contributed by atoms with E-state index in [-0.39, 0.29) is 11.5 Å². The predicted molar refractivity (Wildman–Crippen MR) is 120 cm³/mol. The molecular weight excluding hydrogens is 492 g/mol. The van der Waals surface area contributed by atoms with E-state index in [1.807, 2.05) is 0 Å². The molecule has 35 heavy (non-hydrogen) atoms. The van der Waals surface area contributed by atoms with Crippen molar-refractivity contribution in [3.8, 4) is 11.5 Å². The van der Waals surface area contributed by atoms with Gasteiger partial charge in [0.2, 0.25) is 0 Å². The number of benzene rings is 3. The van der Waals surface area contributed by atoms with Crippen molar-refractivity contribution in [1.82, 2.24) is 5.32 Å². The van der Waals surface area contributed by atoms with Gasteiger partial charge >= 0.3 is 25.8 Å². The van der Waals surface area contributed by atoms with Gasteiger partial charge < -0.3 is 30.3 Å². The summed E-state index contributed by atoms with van der Waals surface area (Å²) in [6.07, 6.45) is -6.45. The minimum Gasteiger partial charge on any atom is -0.475 e. The number of amides is 1. The summed E-state index contributed by atoms with van der Waals surface area (Å²) < 4.78 is 57.1. The highest BCUT2D eigenvalue weighted by Gasteiger charge is 2.42. The number of halogens is 3. The number of nitrogens with one attached hydrogen (secondary N) is 1. The van der Waals surface area contributed by atoms with E-state index in [4.69, 9.17) is 24.7 Å². The molecule has 1 unspecified atom stereocenters. The molecule has 0 saturated heterocycles. The molecule has 0 aromatic heterocycles. The molecule has 0 aliphatic carbocycles. The molecule has 0 aliphatic heterocycles. The fourth-order valence-corrected chi connectivity index (χ4v) is 4.41. The van der Waals surface area contributed by atoms with E-state index in [0.717, 1.165) is 0 Å². The third-order valence-electron chi connectivity index (χ3n) is 4.02. The molecule has 9 nitrogen and oxygen atoms in total. The number of para-hydroxylation sites is 2. The Balaban J connectivity index is 0.000000540. The Hall–Kier alpha value is -4.18. The average molecular weight is 512 g/mol. The summed E-state index contributed by atoms with van der Waals surface area (Å²) in [5, 5.41) is 18.7. The van der Waals surface area contributed by atoms with Gasteiger partial charge in [0, 0.05) is 5.69 Å². The molecule has 3 rings (SSSR count). The Morgan fingerprint density at radius 3 is 1.57 bits per heavy atom. The van der Waals surface area contributed by atoms with Crippen LogP contribution in [0.5, 0.6) is 11.5 Å². The molecule has 0 saturated carbocycles. The van der Waals surface area contributed by atoms with E-state index in [1.54, 1.807) is 84.9 Å². The van der Waals surface area contributed by atoms with Crippen LogP contribution in [-0.4, -0.2) is 28.5 Å². The van der Waals surface area contributed by atoms with E-state index in [2.05, 4.69) is 5.32 Å². The SMILES string of the molecule is Nc1ccc(C(NC(=O)O)P(=O)(Oc2ccccc2)Oc2ccccc2)cc1.O=C(O)C(F)(F)F. The molecule has 0 aliphatic rings. The third kappa shape index (κ3) is 8.59. The van der Waals surface area contributed by atoms with Crippen molar-refractivity contribution in [1.29, 1.82) is 0 Å². The van der Waals surface area contributed by atoms with Crippen molar-refractivity contribution in [2.24, 2.45) is 0 Å². The van der Waals surface area contributed by atoms with Crippen LogP contribution in [0.2, 0.25) is 0 Å². The highest BCUT2D eigenvalue weighted by atomic mass is 31.2. The number of anilines is 1. The van der Waals surface area contributed by atoms with Gasteiger partial charge in [0.15, 0.2) is 5.78 Å². The quantitative estimate of drug-likeness (QED) is 0.239. The van der Waals surface area contributed by atoms with Gasteiger partial charge in [-0.3, -0.25) is 0 Å². The molecule has 3 aromatic carbocycles. The molecule has 1 amide bonds. The lowest BCUT2D eigenvalue weighted by atomic mass is 10.2. The molecule has 1 atom stereocenters. The minimum absolute atomic E-state index is 0.286. The van der Waals surface area contributed by atoms with Crippen molar-refractivity contribution in [2.75, 3.05) is 5.73 Å². The summed E-state index contributed by atoms with van der Waals surface area (Å²) in [6, 6.07) is 23.2. The lowest BCUT2D eigenvalue weighted by molar-refractivity contribution is -0.192. The molecule has 0 bridgehead atoms. The summed E-state index contributed by atoms with van der Waals surface area (Å²) in [4.78, 5) is 20.3. The molecule has 0 heterocycles. The lowest BCUT2D eigenvalue weighted by Crippen LogP contribution is -2.29. The van der Waals surface area contributed by atoms with E-state index in [1.165, 1.54) is 0 Å². The first-order chi connectivity index (χ1) is 16.4. The van der Waals surface area contributed by atoms with Gasteiger partial charge in [-0.25, -0.2) is 14.2 Å². The van der Waals surface area contributed by atoms with Gasteiger partial charge in [0.05, 0.1) is 0 Å². The fraction of sp³-hybridized carbons (Fsp3) is 0.0909. The van der Waals surface area contributed by atoms with Gasteiger partial charge in [0.25, 0.3) is 0 Å². The molecule has 186 valence electrons. The van der Waals surface area contributed by atoms with Gasteiger partial charge in [-0.05, 0) is 42.0 Å². The Labute approximate surface area is 197 Å². The van der Waals surface area contributed by atoms with Gasteiger partial charge in [-0.15, -0.1) is 0 Å².